The van der Waals surface area contributed by atoms with E-state index in [-0.39, 0.29) is 30.4 Å². The molecule has 0 saturated heterocycles. The molecule has 2 aromatic carbocycles. The van der Waals surface area contributed by atoms with Gasteiger partial charge in [-0.25, -0.2) is 19.9 Å². The van der Waals surface area contributed by atoms with E-state index < -0.39 is 5.91 Å². The summed E-state index contributed by atoms with van der Waals surface area (Å²) in [5.41, 5.74) is 6.30. The average Bonchev–Trinajstić information content (AvgIpc) is 3.46. The average molecular weight is 590 g/mol. The van der Waals surface area contributed by atoms with Gasteiger partial charge in [-0.1, -0.05) is 28.0 Å². The van der Waals surface area contributed by atoms with E-state index in [0.29, 0.717) is 47.3 Å². The summed E-state index contributed by atoms with van der Waals surface area (Å²) in [6.45, 7) is 8.57. The van der Waals surface area contributed by atoms with Crippen molar-refractivity contribution in [2.24, 2.45) is 4.99 Å². The number of amides is 1. The fourth-order valence-corrected chi connectivity index (χ4v) is 5.46. The van der Waals surface area contributed by atoms with Crippen LogP contribution in [0.3, 0.4) is 0 Å². The monoisotopic (exact) mass is 589 g/mol. The molecule has 0 bridgehead atoms. The highest BCUT2D eigenvalue weighted by atomic mass is 16.5. The fourth-order valence-electron chi connectivity index (χ4n) is 5.46. The molecule has 1 aliphatic rings. The van der Waals surface area contributed by atoms with Crippen molar-refractivity contribution < 1.29 is 24.2 Å². The Labute approximate surface area is 247 Å². The molecule has 1 amide bonds. The van der Waals surface area contributed by atoms with Gasteiger partial charge in [-0.15, -0.1) is 0 Å². The smallest absolute Gasteiger partial charge is 0.330 e. The second-order valence-corrected chi connectivity index (χ2v) is 10.3. The standard InChI is InChI=1S/C30H35N7O6/c1-7-43-24-14-20-8-9-35-22(21(20)15-23(24)41-5)16-25(31-26-18(3)12-17(2)13-19(26)4)36(30(35)39)10-11-37(40)29(38)27-28(42-6)33-34-32-27/h12-16,40H,7-11H2,1-6H3,(H,32,33,34)/b31-25+. The minimum absolute atomic E-state index is 0.0342. The highest BCUT2D eigenvalue weighted by Crippen LogP contribution is 2.37. The Bertz CT molecular complexity index is 1800. The largest absolute Gasteiger partial charge is 0.493 e. The van der Waals surface area contributed by atoms with Crippen molar-refractivity contribution in [2.45, 2.75) is 47.2 Å². The van der Waals surface area contributed by atoms with Crippen molar-refractivity contribution in [3.05, 3.63) is 74.3 Å². The molecule has 5 rings (SSSR count). The summed E-state index contributed by atoms with van der Waals surface area (Å²) < 4.78 is 19.6. The molecular weight excluding hydrogens is 554 g/mol. The number of ether oxygens (including phenoxy) is 3. The number of aryl methyl sites for hydroxylation is 4. The number of H-pyrrole nitrogens is 1. The minimum atomic E-state index is -0.796. The molecule has 226 valence electrons. The number of methoxy groups -OCH3 is 2. The molecular formula is C30H35N7O6. The topological polar surface area (TPSA) is 149 Å². The zero-order valence-electron chi connectivity index (χ0n) is 25.1. The van der Waals surface area contributed by atoms with E-state index in [1.54, 1.807) is 11.7 Å². The van der Waals surface area contributed by atoms with Gasteiger partial charge in [-0.05, 0) is 62.9 Å². The fraction of sp³-hybridized carbons (Fsp3) is 0.367. The Hall–Kier alpha value is -4.91. The summed E-state index contributed by atoms with van der Waals surface area (Å²) in [4.78, 5) is 31.9. The number of hydrogen-bond donors (Lipinski definition) is 2. The second-order valence-electron chi connectivity index (χ2n) is 10.3. The number of benzene rings is 2. The second kappa shape index (κ2) is 12.1. The molecule has 0 fully saturated rings. The lowest BCUT2D eigenvalue weighted by Crippen LogP contribution is -2.44. The Balaban J connectivity index is 1.64. The summed E-state index contributed by atoms with van der Waals surface area (Å²) in [6.07, 6.45) is 0.607. The van der Waals surface area contributed by atoms with Crippen LogP contribution in [0.15, 0.2) is 40.1 Å². The first-order valence-electron chi connectivity index (χ1n) is 13.9. The van der Waals surface area contributed by atoms with Crippen molar-refractivity contribution >= 4 is 11.6 Å². The summed E-state index contributed by atoms with van der Waals surface area (Å²) >= 11 is 0. The van der Waals surface area contributed by atoms with Crippen LogP contribution in [0.2, 0.25) is 0 Å². The van der Waals surface area contributed by atoms with Gasteiger partial charge in [0.15, 0.2) is 17.2 Å². The van der Waals surface area contributed by atoms with E-state index in [1.807, 2.05) is 58.0 Å². The number of aromatic nitrogens is 5. The quantitative estimate of drug-likeness (QED) is 0.224. The third kappa shape index (κ3) is 5.63. The number of hydrogen-bond acceptors (Lipinski definition) is 9. The zero-order chi connectivity index (χ0) is 30.8. The molecule has 13 heteroatoms. The Morgan fingerprint density at radius 1 is 1.09 bits per heavy atom. The lowest BCUT2D eigenvalue weighted by atomic mass is 9.97. The van der Waals surface area contributed by atoms with Gasteiger partial charge in [0, 0.05) is 24.7 Å². The van der Waals surface area contributed by atoms with Gasteiger partial charge in [-0.2, -0.15) is 0 Å². The number of nitrogens with zero attached hydrogens (tertiary/aromatic N) is 6. The van der Waals surface area contributed by atoms with E-state index >= 15 is 0 Å². The molecule has 0 spiro atoms. The van der Waals surface area contributed by atoms with Crippen LogP contribution in [0.25, 0.3) is 11.3 Å². The molecule has 0 radical (unpaired) electrons. The van der Waals surface area contributed by atoms with Crippen molar-refractivity contribution in [1.82, 2.24) is 29.6 Å². The third-order valence-corrected chi connectivity index (χ3v) is 7.42. The molecule has 1 aliphatic heterocycles. The van der Waals surface area contributed by atoms with Crippen LogP contribution in [0.4, 0.5) is 5.69 Å². The molecule has 0 unspecified atom stereocenters. The number of carbonyl (C=O) groups excluding carboxylic acids is 1. The maximum Gasteiger partial charge on any atom is 0.330 e. The van der Waals surface area contributed by atoms with Crippen LogP contribution in [-0.2, 0) is 19.5 Å². The van der Waals surface area contributed by atoms with E-state index in [4.69, 9.17) is 19.2 Å². The van der Waals surface area contributed by atoms with Crippen LogP contribution in [0.1, 0.15) is 39.7 Å². The van der Waals surface area contributed by atoms with Crippen LogP contribution in [0.5, 0.6) is 17.4 Å². The predicted octanol–water partition coefficient (Wildman–Crippen LogP) is 3.10. The first-order valence-corrected chi connectivity index (χ1v) is 13.9. The van der Waals surface area contributed by atoms with Crippen molar-refractivity contribution in [3.8, 4) is 28.6 Å². The lowest BCUT2D eigenvalue weighted by molar-refractivity contribution is -0.0608. The van der Waals surface area contributed by atoms with Gasteiger partial charge in [0.05, 0.1) is 38.8 Å². The van der Waals surface area contributed by atoms with Crippen LogP contribution < -0.4 is 25.4 Å². The first-order chi connectivity index (χ1) is 20.7. The minimum Gasteiger partial charge on any atom is -0.493 e. The van der Waals surface area contributed by atoms with Gasteiger partial charge < -0.3 is 14.2 Å². The molecule has 3 heterocycles. The number of hydroxylamine groups is 2. The van der Waals surface area contributed by atoms with Gasteiger partial charge >= 0.3 is 11.6 Å². The highest BCUT2D eigenvalue weighted by molar-refractivity contribution is 5.93. The zero-order valence-corrected chi connectivity index (χ0v) is 25.1. The maximum absolute atomic E-state index is 14.1. The molecule has 4 aromatic rings. The summed E-state index contributed by atoms with van der Waals surface area (Å²) in [6, 6.07) is 9.80. The van der Waals surface area contributed by atoms with Crippen LogP contribution in [0, 0.1) is 20.8 Å². The van der Waals surface area contributed by atoms with E-state index in [0.717, 1.165) is 33.5 Å². The van der Waals surface area contributed by atoms with Gasteiger partial charge in [0.25, 0.3) is 5.88 Å². The van der Waals surface area contributed by atoms with Crippen molar-refractivity contribution in [1.29, 1.82) is 0 Å². The van der Waals surface area contributed by atoms with Crippen molar-refractivity contribution in [2.75, 3.05) is 27.4 Å². The number of fused-ring (bicyclic) bond motifs is 3. The van der Waals surface area contributed by atoms with E-state index in [2.05, 4.69) is 15.4 Å². The molecule has 0 saturated carbocycles. The molecule has 13 nitrogen and oxygen atoms in total. The van der Waals surface area contributed by atoms with Gasteiger partial charge in [-0.3, -0.25) is 19.1 Å². The van der Waals surface area contributed by atoms with Gasteiger partial charge in [0.2, 0.25) is 0 Å². The highest BCUT2D eigenvalue weighted by Gasteiger charge is 2.25. The van der Waals surface area contributed by atoms with E-state index in [1.165, 1.54) is 11.7 Å². The Morgan fingerprint density at radius 3 is 2.51 bits per heavy atom. The van der Waals surface area contributed by atoms with Gasteiger partial charge in [0.1, 0.15) is 5.49 Å². The summed E-state index contributed by atoms with van der Waals surface area (Å²) in [7, 11) is 2.92. The van der Waals surface area contributed by atoms with Crippen molar-refractivity contribution in [3.63, 3.8) is 0 Å². The predicted molar refractivity (Wildman–Crippen MR) is 157 cm³/mol. The molecule has 0 aliphatic carbocycles. The lowest BCUT2D eigenvalue weighted by Gasteiger charge is -2.25. The maximum atomic E-state index is 14.1. The molecule has 43 heavy (non-hydrogen) atoms. The molecule has 2 N–H and O–H groups in total. The molecule has 2 aromatic heterocycles. The number of nitrogens with one attached hydrogen (secondary N) is 1. The Morgan fingerprint density at radius 2 is 1.84 bits per heavy atom. The summed E-state index contributed by atoms with van der Waals surface area (Å²) in [5, 5.41) is 20.8. The third-order valence-electron chi connectivity index (χ3n) is 7.42. The molecule has 0 atom stereocenters. The number of carbonyl (C=O) groups is 1. The normalized spacial score (nSPS) is 12.5. The SMILES string of the molecule is CCOc1cc2c(cc1OC)-c1c/c(=N\c3c(C)cc(C)cc3C)n(CCN(O)C(=O)c3[nH]nnc3OC)c(=O)n1CC2. The van der Waals surface area contributed by atoms with E-state index in [9.17, 15) is 14.8 Å². The van der Waals surface area contributed by atoms with Crippen LogP contribution in [-0.4, -0.2) is 68.1 Å². The first kappa shape index (κ1) is 29.6. The summed E-state index contributed by atoms with van der Waals surface area (Å²) in [5.74, 6) is 0.377. The Kier molecular flexibility index (Phi) is 8.35. The number of aromatic amines is 1. The van der Waals surface area contributed by atoms with Crippen LogP contribution >= 0.6 is 0 Å². The number of rotatable bonds is 9.